The number of rotatable bonds is 1. The molecular weight excluding hydrogens is 212 g/mol. The number of nitrogens with zero attached hydrogens (tertiary/aromatic N) is 3. The lowest BCUT2D eigenvalue weighted by molar-refractivity contribution is 0.0984. The molecule has 2 rings (SSSR count). The van der Waals surface area contributed by atoms with E-state index in [0.717, 1.165) is 25.6 Å². The third-order valence-electron chi connectivity index (χ3n) is 2.33. The van der Waals surface area contributed by atoms with E-state index in [4.69, 9.17) is 10.5 Å². The highest BCUT2D eigenvalue weighted by atomic mass is 32.1. The van der Waals surface area contributed by atoms with Gasteiger partial charge in [-0.3, -0.25) is 0 Å². The molecule has 2 heterocycles. The van der Waals surface area contributed by atoms with Gasteiger partial charge in [-0.15, -0.1) is 10.2 Å². The van der Waals surface area contributed by atoms with Crippen molar-refractivity contribution >= 4 is 25.1 Å². The van der Waals surface area contributed by atoms with Crippen LogP contribution in [0.1, 0.15) is 6.92 Å². The van der Waals surface area contributed by atoms with Crippen LogP contribution in [0.5, 0.6) is 0 Å². The van der Waals surface area contributed by atoms with Crippen molar-refractivity contribution in [1.29, 1.82) is 0 Å². The smallest absolute Gasteiger partial charge is 0.151 e. The predicted octanol–water partition coefficient (Wildman–Crippen LogP) is 0.397. The number of nitrogens with two attached hydrogens (primary N) is 1. The van der Waals surface area contributed by atoms with Crippen LogP contribution in [0.2, 0.25) is 0 Å². The first-order valence-electron chi connectivity index (χ1n) is 4.71. The molecule has 0 bridgehead atoms. The average Bonchev–Trinajstić information content (AvgIpc) is 2.20. The number of morpholine rings is 1. The summed E-state index contributed by atoms with van der Waals surface area (Å²) >= 11 is 0. The van der Waals surface area contributed by atoms with Gasteiger partial charge in [-0.25, -0.2) is 0 Å². The summed E-state index contributed by atoms with van der Waals surface area (Å²) in [4.78, 5) is 2.18. The third kappa shape index (κ3) is 2.73. The first-order chi connectivity index (χ1) is 6.77. The molecule has 1 saturated heterocycles. The van der Waals surface area contributed by atoms with Crippen molar-refractivity contribution < 1.29 is 4.74 Å². The monoisotopic (exact) mass is 228 g/mol. The SMILES string of the molecule is C[C@H]1COCCN1c1ccc(N)nn1.S. The van der Waals surface area contributed by atoms with E-state index in [1.807, 2.05) is 6.07 Å². The predicted molar refractivity (Wildman–Crippen MR) is 64.5 cm³/mol. The van der Waals surface area contributed by atoms with Crippen LogP contribution in [0.4, 0.5) is 11.6 Å². The minimum atomic E-state index is 0. The van der Waals surface area contributed by atoms with Crippen LogP contribution in [0, 0.1) is 0 Å². The molecule has 1 aromatic rings. The zero-order valence-electron chi connectivity index (χ0n) is 8.68. The van der Waals surface area contributed by atoms with Crippen LogP contribution >= 0.6 is 13.5 Å². The molecular formula is C9H16N4OS. The van der Waals surface area contributed by atoms with Crippen molar-refractivity contribution in [3.63, 3.8) is 0 Å². The first-order valence-corrected chi connectivity index (χ1v) is 4.71. The van der Waals surface area contributed by atoms with E-state index in [0.29, 0.717) is 11.9 Å². The lowest BCUT2D eigenvalue weighted by Gasteiger charge is -2.33. The Labute approximate surface area is 96.1 Å². The maximum absolute atomic E-state index is 5.47. The molecule has 1 atom stereocenters. The van der Waals surface area contributed by atoms with Crippen LogP contribution in [0.3, 0.4) is 0 Å². The molecule has 5 nitrogen and oxygen atoms in total. The van der Waals surface area contributed by atoms with Crippen LogP contribution in [0.25, 0.3) is 0 Å². The topological polar surface area (TPSA) is 64.3 Å². The van der Waals surface area contributed by atoms with Gasteiger partial charge in [0.05, 0.1) is 19.3 Å². The van der Waals surface area contributed by atoms with Crippen molar-refractivity contribution in [1.82, 2.24) is 10.2 Å². The van der Waals surface area contributed by atoms with E-state index in [1.165, 1.54) is 0 Å². The Kier molecular flexibility index (Phi) is 4.16. The number of aromatic nitrogens is 2. The number of ether oxygens (including phenoxy) is 1. The Balaban J connectivity index is 0.00000112. The minimum Gasteiger partial charge on any atom is -0.382 e. The van der Waals surface area contributed by atoms with Gasteiger partial charge in [-0.1, -0.05) is 0 Å². The highest BCUT2D eigenvalue weighted by Gasteiger charge is 2.19. The molecule has 15 heavy (non-hydrogen) atoms. The second-order valence-corrected chi connectivity index (χ2v) is 3.43. The Hall–Kier alpha value is -1.01. The molecule has 1 fully saturated rings. The summed E-state index contributed by atoms with van der Waals surface area (Å²) in [6, 6.07) is 4.01. The van der Waals surface area contributed by atoms with Gasteiger partial charge < -0.3 is 15.4 Å². The number of hydrogen-bond acceptors (Lipinski definition) is 5. The normalized spacial score (nSPS) is 20.9. The highest BCUT2D eigenvalue weighted by Crippen LogP contribution is 2.16. The number of anilines is 2. The molecule has 0 aliphatic carbocycles. The quantitative estimate of drug-likeness (QED) is 0.753. The number of nitrogen functional groups attached to an aromatic ring is 1. The zero-order valence-corrected chi connectivity index (χ0v) is 9.68. The molecule has 0 amide bonds. The Bertz CT molecular complexity index is 305. The van der Waals surface area contributed by atoms with Gasteiger partial charge >= 0.3 is 0 Å². The maximum atomic E-state index is 5.47. The van der Waals surface area contributed by atoms with E-state index in [1.54, 1.807) is 6.07 Å². The minimum absolute atomic E-state index is 0. The van der Waals surface area contributed by atoms with Crippen molar-refractivity contribution in [3.05, 3.63) is 12.1 Å². The van der Waals surface area contributed by atoms with E-state index >= 15 is 0 Å². The van der Waals surface area contributed by atoms with Crippen LogP contribution in [-0.2, 0) is 4.74 Å². The van der Waals surface area contributed by atoms with Crippen molar-refractivity contribution in [2.24, 2.45) is 0 Å². The molecule has 2 N–H and O–H groups in total. The first kappa shape index (κ1) is 12.1. The lowest BCUT2D eigenvalue weighted by Crippen LogP contribution is -2.44. The second-order valence-electron chi connectivity index (χ2n) is 3.43. The van der Waals surface area contributed by atoms with Gasteiger partial charge in [0.1, 0.15) is 5.82 Å². The van der Waals surface area contributed by atoms with Gasteiger partial charge in [0.2, 0.25) is 0 Å². The summed E-state index contributed by atoms with van der Waals surface area (Å²) in [6.07, 6.45) is 0. The Morgan fingerprint density at radius 1 is 1.47 bits per heavy atom. The van der Waals surface area contributed by atoms with Crippen LogP contribution in [-0.4, -0.2) is 36.0 Å². The van der Waals surface area contributed by atoms with Crippen LogP contribution in [0.15, 0.2) is 12.1 Å². The molecule has 1 aliphatic rings. The van der Waals surface area contributed by atoms with Gasteiger partial charge in [0.25, 0.3) is 0 Å². The fourth-order valence-corrected chi connectivity index (χ4v) is 1.56. The van der Waals surface area contributed by atoms with Crippen molar-refractivity contribution in [3.8, 4) is 0 Å². The van der Waals surface area contributed by atoms with Gasteiger partial charge in [0, 0.05) is 6.54 Å². The molecule has 6 heteroatoms. The van der Waals surface area contributed by atoms with E-state index in [-0.39, 0.29) is 13.5 Å². The lowest BCUT2D eigenvalue weighted by atomic mass is 10.2. The van der Waals surface area contributed by atoms with Crippen molar-refractivity contribution in [2.75, 3.05) is 30.4 Å². The number of hydrogen-bond donors (Lipinski definition) is 1. The van der Waals surface area contributed by atoms with Gasteiger partial charge in [-0.2, -0.15) is 13.5 Å². The Morgan fingerprint density at radius 3 is 2.87 bits per heavy atom. The maximum Gasteiger partial charge on any atom is 0.151 e. The Morgan fingerprint density at radius 2 is 2.27 bits per heavy atom. The fraction of sp³-hybridized carbons (Fsp3) is 0.556. The molecule has 1 aromatic heterocycles. The largest absolute Gasteiger partial charge is 0.382 e. The van der Waals surface area contributed by atoms with Crippen molar-refractivity contribution in [2.45, 2.75) is 13.0 Å². The summed E-state index contributed by atoms with van der Waals surface area (Å²) < 4.78 is 5.34. The van der Waals surface area contributed by atoms with E-state index < -0.39 is 0 Å². The highest BCUT2D eigenvalue weighted by molar-refractivity contribution is 7.59. The molecule has 84 valence electrons. The summed E-state index contributed by atoms with van der Waals surface area (Å²) in [5, 5.41) is 7.88. The summed E-state index contributed by atoms with van der Waals surface area (Å²) in [5.74, 6) is 1.32. The zero-order chi connectivity index (χ0) is 9.97. The standard InChI is InChI=1S/C9H14N4O.H2S/c1-7-6-14-5-4-13(7)9-3-2-8(10)11-12-9;/h2-3,7H,4-6H2,1H3,(H2,10,11);1H2/t7-;/m0./s1. The second kappa shape index (κ2) is 5.18. The summed E-state index contributed by atoms with van der Waals surface area (Å²) in [7, 11) is 0. The molecule has 0 aromatic carbocycles. The molecule has 0 saturated carbocycles. The molecule has 0 unspecified atom stereocenters. The van der Waals surface area contributed by atoms with Crippen LogP contribution < -0.4 is 10.6 Å². The summed E-state index contributed by atoms with van der Waals surface area (Å²) in [5.41, 5.74) is 5.47. The fourth-order valence-electron chi connectivity index (χ4n) is 1.56. The van der Waals surface area contributed by atoms with E-state index in [9.17, 15) is 0 Å². The molecule has 0 radical (unpaired) electrons. The average molecular weight is 228 g/mol. The van der Waals surface area contributed by atoms with Gasteiger partial charge in [0.15, 0.2) is 5.82 Å². The summed E-state index contributed by atoms with van der Waals surface area (Å²) in [6.45, 7) is 4.46. The molecule has 0 spiro atoms. The van der Waals surface area contributed by atoms with E-state index in [2.05, 4.69) is 22.0 Å². The molecule has 1 aliphatic heterocycles. The van der Waals surface area contributed by atoms with Gasteiger partial charge in [-0.05, 0) is 19.1 Å². The third-order valence-corrected chi connectivity index (χ3v) is 2.33.